The van der Waals surface area contributed by atoms with E-state index in [9.17, 15) is 39.1 Å². The summed E-state index contributed by atoms with van der Waals surface area (Å²) in [6, 6.07) is 14.7. The third-order valence-corrected chi connectivity index (χ3v) is 9.46. The Morgan fingerprint density at radius 3 is 1.94 bits per heavy atom. The molecule has 2 aromatic carbocycles. The molecule has 49 heavy (non-hydrogen) atoms. The van der Waals surface area contributed by atoms with E-state index in [1.165, 1.54) is 6.66 Å². The number of carbonyl (C=O) groups excluding carboxylic acids is 1. The van der Waals surface area contributed by atoms with Crippen LogP contribution in [0.1, 0.15) is 66.9 Å². The van der Waals surface area contributed by atoms with Crippen molar-refractivity contribution in [2.24, 2.45) is 16.6 Å². The quantitative estimate of drug-likeness (QED) is 0.159. The molecule has 14 nitrogen and oxygen atoms in total. The zero-order valence-corrected chi connectivity index (χ0v) is 28.6. The lowest BCUT2D eigenvalue weighted by molar-refractivity contribution is -0.154. The predicted octanol–water partition coefficient (Wildman–Crippen LogP) is 3.31. The Hall–Kier alpha value is -4.75. The van der Waals surface area contributed by atoms with Crippen molar-refractivity contribution in [2.45, 2.75) is 57.7 Å². The first-order chi connectivity index (χ1) is 22.8. The normalized spacial score (nSPS) is 18.6. The first-order valence-corrected chi connectivity index (χ1v) is 17.6. The number of nitrogens with one attached hydrogen (secondary N) is 1. The number of rotatable bonds is 9. The molecule has 1 aromatic heterocycles. The first-order valence-electron chi connectivity index (χ1n) is 15.3. The molecule has 8 N–H and O–H groups in total. The van der Waals surface area contributed by atoms with Crippen LogP contribution in [-0.2, 0) is 31.0 Å². The number of nitrogens with zero attached hydrogens (tertiary/aromatic N) is 2. The summed E-state index contributed by atoms with van der Waals surface area (Å²) in [6.45, 7) is 8.64. The van der Waals surface area contributed by atoms with Gasteiger partial charge in [0.1, 0.15) is 17.3 Å². The SMILES string of the molecule is CCc1cnc(C2=NC(C)(C(C)C)C(=O)N2)c(C(=O)O)c1.CP(=O)(O)CCC(N)C(=O)O.O=C(O)C1(O)c2ccccc2-c2ccccc21. The van der Waals surface area contributed by atoms with Crippen LogP contribution in [0.3, 0.4) is 0 Å². The first kappa shape index (κ1) is 38.7. The van der Waals surface area contributed by atoms with Crippen LogP contribution in [0.25, 0.3) is 11.1 Å². The third kappa shape index (κ3) is 8.46. The molecule has 0 fully saturated rings. The van der Waals surface area contributed by atoms with Gasteiger partial charge in [0, 0.05) is 30.2 Å². The molecule has 3 aromatic rings. The van der Waals surface area contributed by atoms with Gasteiger partial charge in [-0.25, -0.2) is 14.6 Å². The lowest BCUT2D eigenvalue weighted by atomic mass is 9.89. The van der Waals surface area contributed by atoms with Crippen LogP contribution in [0.15, 0.2) is 65.8 Å². The molecule has 0 spiro atoms. The summed E-state index contributed by atoms with van der Waals surface area (Å²) in [5.41, 5.74) is 5.81. The minimum Gasteiger partial charge on any atom is -0.480 e. The molecule has 0 bridgehead atoms. The van der Waals surface area contributed by atoms with Gasteiger partial charge in [-0.1, -0.05) is 69.3 Å². The Morgan fingerprint density at radius 1 is 1.00 bits per heavy atom. The van der Waals surface area contributed by atoms with Gasteiger partial charge < -0.3 is 36.4 Å². The fraction of sp³-hybridized carbons (Fsp3) is 0.353. The van der Waals surface area contributed by atoms with Gasteiger partial charge in [0.25, 0.3) is 5.91 Å². The van der Waals surface area contributed by atoms with Crippen LogP contribution in [0.4, 0.5) is 0 Å². The van der Waals surface area contributed by atoms with E-state index in [1.807, 2.05) is 45.0 Å². The Bertz CT molecular complexity index is 1790. The molecule has 0 radical (unpaired) electrons. The molecule has 0 saturated heterocycles. The zero-order valence-electron chi connectivity index (χ0n) is 27.7. The van der Waals surface area contributed by atoms with Gasteiger partial charge in [0.05, 0.1) is 5.56 Å². The number of aromatic nitrogens is 1. The van der Waals surface area contributed by atoms with Crippen LogP contribution in [0, 0.1) is 5.92 Å². The number of carboxylic acids is 3. The number of carbonyl (C=O) groups is 4. The van der Waals surface area contributed by atoms with Gasteiger partial charge >= 0.3 is 17.9 Å². The van der Waals surface area contributed by atoms with Gasteiger partial charge in [0.2, 0.25) is 5.60 Å². The van der Waals surface area contributed by atoms with Gasteiger partial charge in [-0.15, -0.1) is 0 Å². The van der Waals surface area contributed by atoms with E-state index in [2.05, 4.69) is 15.3 Å². The molecule has 262 valence electrons. The summed E-state index contributed by atoms with van der Waals surface area (Å²) < 4.78 is 10.6. The standard InChI is InChI=1S/C15H19N3O3.C14H10O3.C5H12NO4P/c1-5-9-6-10(13(19)20)11(16-7-9)12-17-14(21)15(4,18-12)8(2)3;15-13(16)14(17)11-7-3-1-5-9(11)10-6-2-4-8-12(10)14;1-11(9,10)3-2-4(6)5(7)8/h6-8H,5H2,1-4H3,(H,19,20)(H,17,18,21);1-8,17H,(H,15,16);4H,2-3,6H2,1H3,(H,7,8)(H,9,10). The number of amidine groups is 1. The number of hydrogen-bond acceptors (Lipinski definition) is 9. The molecule has 1 aliphatic carbocycles. The van der Waals surface area contributed by atoms with Gasteiger partial charge in [-0.2, -0.15) is 0 Å². The molecular weight excluding hydrogens is 655 g/mol. The highest BCUT2D eigenvalue weighted by atomic mass is 31.2. The predicted molar refractivity (Wildman–Crippen MR) is 182 cm³/mol. The lowest BCUT2D eigenvalue weighted by Crippen LogP contribution is -2.41. The number of fused-ring (bicyclic) bond motifs is 3. The number of pyridine rings is 1. The van der Waals surface area contributed by atoms with E-state index in [-0.39, 0.29) is 41.5 Å². The second-order valence-corrected chi connectivity index (χ2v) is 14.8. The highest BCUT2D eigenvalue weighted by Crippen LogP contribution is 2.47. The molecule has 0 saturated carbocycles. The topological polar surface area (TPSA) is 250 Å². The minimum absolute atomic E-state index is 0.00167. The van der Waals surface area contributed by atoms with E-state index in [0.29, 0.717) is 17.5 Å². The fourth-order valence-corrected chi connectivity index (χ4v) is 5.80. The van der Waals surface area contributed by atoms with E-state index < -0.39 is 42.5 Å². The minimum atomic E-state index is -3.10. The van der Waals surface area contributed by atoms with Crippen LogP contribution >= 0.6 is 7.37 Å². The van der Waals surface area contributed by atoms with Crippen molar-refractivity contribution >= 4 is 37.0 Å². The number of carboxylic acid groups (broad SMARTS) is 3. The van der Waals surface area contributed by atoms with Gasteiger partial charge in [-0.3, -0.25) is 19.1 Å². The van der Waals surface area contributed by atoms with Crippen molar-refractivity contribution in [1.82, 2.24) is 10.3 Å². The van der Waals surface area contributed by atoms with Crippen LogP contribution in [-0.4, -0.2) is 84.4 Å². The summed E-state index contributed by atoms with van der Waals surface area (Å²) in [5.74, 6) is -3.46. The molecular formula is C34H41N4O10P. The number of aromatic carboxylic acids is 1. The number of aliphatic hydroxyl groups is 1. The number of amides is 1. The summed E-state index contributed by atoms with van der Waals surface area (Å²) in [7, 11) is -3.10. The third-order valence-electron chi connectivity index (χ3n) is 8.37. The van der Waals surface area contributed by atoms with Crippen molar-refractivity contribution in [3.8, 4) is 11.1 Å². The van der Waals surface area contributed by atoms with E-state index in [4.69, 9.17) is 15.7 Å². The van der Waals surface area contributed by atoms with E-state index >= 15 is 0 Å². The molecule has 3 atom stereocenters. The maximum absolute atomic E-state index is 12.1. The summed E-state index contributed by atoms with van der Waals surface area (Å²) in [4.78, 5) is 62.4. The Morgan fingerprint density at radius 2 is 1.53 bits per heavy atom. The van der Waals surface area contributed by atoms with Gasteiger partial charge in [0.15, 0.2) is 13.2 Å². The number of nitrogens with two attached hydrogens (primary N) is 1. The second kappa shape index (κ2) is 15.2. The molecule has 2 aliphatic rings. The highest BCUT2D eigenvalue weighted by molar-refractivity contribution is 7.57. The van der Waals surface area contributed by atoms with Gasteiger partial charge in [-0.05, 0) is 48.4 Å². The number of benzene rings is 2. The fourth-order valence-electron chi connectivity index (χ4n) is 5.05. The molecule has 2 heterocycles. The van der Waals surface area contributed by atoms with Crippen molar-refractivity contribution in [1.29, 1.82) is 0 Å². The highest BCUT2D eigenvalue weighted by Gasteiger charge is 2.48. The van der Waals surface area contributed by atoms with E-state index in [1.54, 1.807) is 43.5 Å². The number of aliphatic carboxylic acids is 2. The molecule has 5 rings (SSSR count). The maximum atomic E-state index is 12.1. The van der Waals surface area contributed by atoms with Crippen LogP contribution in [0.2, 0.25) is 0 Å². The van der Waals surface area contributed by atoms with Crippen molar-refractivity contribution in [3.63, 3.8) is 0 Å². The molecule has 3 unspecified atom stereocenters. The summed E-state index contributed by atoms with van der Waals surface area (Å²) in [6.07, 6.45) is 2.30. The Labute approximate surface area is 283 Å². The smallest absolute Gasteiger partial charge is 0.345 e. The Balaban J connectivity index is 0.000000209. The number of aliphatic imine (C=N–C) groups is 1. The largest absolute Gasteiger partial charge is 0.480 e. The molecule has 1 amide bonds. The van der Waals surface area contributed by atoms with Crippen LogP contribution in [0.5, 0.6) is 0 Å². The monoisotopic (exact) mass is 696 g/mol. The number of hydrogen-bond donors (Lipinski definition) is 7. The molecule has 1 aliphatic heterocycles. The Kier molecular flexibility index (Phi) is 12.0. The average molecular weight is 697 g/mol. The number of aryl methyl sites for hydroxylation is 1. The van der Waals surface area contributed by atoms with Crippen molar-refractivity contribution in [3.05, 3.63) is 88.7 Å². The van der Waals surface area contributed by atoms with Crippen LogP contribution < -0.4 is 11.1 Å². The second-order valence-electron chi connectivity index (χ2n) is 12.2. The maximum Gasteiger partial charge on any atom is 0.345 e. The zero-order chi connectivity index (χ0) is 36.9. The average Bonchev–Trinajstić information content (AvgIpc) is 3.51. The summed E-state index contributed by atoms with van der Waals surface area (Å²) in [5, 5.41) is 40.1. The van der Waals surface area contributed by atoms with E-state index in [0.717, 1.165) is 16.7 Å². The lowest BCUT2D eigenvalue weighted by Gasteiger charge is -2.21. The van der Waals surface area contributed by atoms with Crippen molar-refractivity contribution in [2.75, 3.05) is 12.8 Å². The van der Waals surface area contributed by atoms with Crippen molar-refractivity contribution < 1.29 is 49.1 Å². The summed E-state index contributed by atoms with van der Waals surface area (Å²) >= 11 is 0. The molecule has 15 heteroatoms.